The van der Waals surface area contributed by atoms with Gasteiger partial charge in [-0.25, -0.2) is 8.42 Å². The Morgan fingerprint density at radius 3 is 2.43 bits per heavy atom. The number of amides is 1. The number of nitrogens with one attached hydrogen (secondary N) is 2. The second-order valence-electron chi connectivity index (χ2n) is 6.18. The van der Waals surface area contributed by atoms with Crippen LogP contribution in [0.1, 0.15) is 6.92 Å². The number of aliphatic hydroxyl groups excluding tert-OH is 1. The highest BCUT2D eigenvalue weighted by molar-refractivity contribution is 7.89. The van der Waals surface area contributed by atoms with Gasteiger partial charge in [-0.05, 0) is 43.3 Å². The molecule has 0 aliphatic rings. The predicted molar refractivity (Wildman–Crippen MR) is 110 cm³/mol. The highest BCUT2D eigenvalue weighted by Gasteiger charge is 2.31. The van der Waals surface area contributed by atoms with Gasteiger partial charge >= 0.3 is 5.97 Å². The van der Waals surface area contributed by atoms with Gasteiger partial charge in [0, 0.05) is 16.8 Å². The lowest BCUT2D eigenvalue weighted by molar-refractivity contribution is -0.151. The molecule has 11 heteroatoms. The third-order valence-corrected chi connectivity index (χ3v) is 5.55. The minimum atomic E-state index is -4.15. The molecule has 2 aromatic carbocycles. The van der Waals surface area contributed by atoms with Crippen molar-refractivity contribution in [1.29, 1.82) is 0 Å². The third-order valence-electron chi connectivity index (χ3n) is 3.84. The molecule has 0 saturated carbocycles. The van der Waals surface area contributed by atoms with Crippen molar-refractivity contribution in [2.75, 3.05) is 19.0 Å². The van der Waals surface area contributed by atoms with E-state index in [9.17, 15) is 23.1 Å². The van der Waals surface area contributed by atoms with E-state index in [1.165, 1.54) is 38.3 Å². The van der Waals surface area contributed by atoms with Gasteiger partial charge in [0.15, 0.2) is 6.61 Å². The maximum absolute atomic E-state index is 12.4. The van der Waals surface area contributed by atoms with Gasteiger partial charge in [0.2, 0.25) is 10.0 Å². The van der Waals surface area contributed by atoms with Crippen LogP contribution in [0.25, 0.3) is 0 Å². The first-order valence-electron chi connectivity index (χ1n) is 8.69. The Balaban J connectivity index is 1.99. The number of aliphatic hydroxyl groups is 1. The molecular formula is C19H21ClN2O7S. The Labute approximate surface area is 179 Å². The molecule has 30 heavy (non-hydrogen) atoms. The van der Waals surface area contributed by atoms with Gasteiger partial charge in [-0.15, -0.1) is 0 Å². The number of hydrogen-bond donors (Lipinski definition) is 3. The average Bonchev–Trinajstić information content (AvgIpc) is 2.70. The fourth-order valence-corrected chi connectivity index (χ4v) is 3.70. The van der Waals surface area contributed by atoms with Gasteiger partial charge in [0.25, 0.3) is 5.91 Å². The lowest BCUT2D eigenvalue weighted by Crippen LogP contribution is -2.48. The van der Waals surface area contributed by atoms with E-state index in [2.05, 4.69) is 10.0 Å². The van der Waals surface area contributed by atoms with E-state index in [1.54, 1.807) is 24.3 Å². The van der Waals surface area contributed by atoms with E-state index in [4.69, 9.17) is 21.1 Å². The Hall–Kier alpha value is -2.66. The molecule has 0 unspecified atom stereocenters. The predicted octanol–water partition coefficient (Wildman–Crippen LogP) is 1.56. The molecule has 0 fully saturated rings. The summed E-state index contributed by atoms with van der Waals surface area (Å²) in [7, 11) is -2.67. The van der Waals surface area contributed by atoms with Crippen LogP contribution in [0.4, 0.5) is 5.69 Å². The first kappa shape index (κ1) is 23.6. The third kappa shape index (κ3) is 6.70. The number of carbonyl (C=O) groups excluding carboxylic acids is 2. The molecule has 9 nitrogen and oxygen atoms in total. The highest BCUT2D eigenvalue weighted by atomic mass is 35.5. The van der Waals surface area contributed by atoms with Gasteiger partial charge in [0.1, 0.15) is 11.8 Å². The Morgan fingerprint density at radius 1 is 1.17 bits per heavy atom. The summed E-state index contributed by atoms with van der Waals surface area (Å²) >= 11 is 5.74. The van der Waals surface area contributed by atoms with Crippen LogP contribution in [0.15, 0.2) is 53.4 Å². The van der Waals surface area contributed by atoms with Crippen molar-refractivity contribution in [3.8, 4) is 5.75 Å². The van der Waals surface area contributed by atoms with Crippen molar-refractivity contribution in [1.82, 2.24) is 4.72 Å². The van der Waals surface area contributed by atoms with Crippen LogP contribution in [0.5, 0.6) is 5.75 Å². The van der Waals surface area contributed by atoms with Gasteiger partial charge in [-0.2, -0.15) is 4.72 Å². The molecule has 2 rings (SSSR count). The van der Waals surface area contributed by atoms with E-state index in [-0.39, 0.29) is 4.90 Å². The first-order valence-corrected chi connectivity index (χ1v) is 10.5. The van der Waals surface area contributed by atoms with E-state index in [0.29, 0.717) is 16.5 Å². The van der Waals surface area contributed by atoms with Crippen molar-refractivity contribution in [3.63, 3.8) is 0 Å². The van der Waals surface area contributed by atoms with Crippen LogP contribution in [0.3, 0.4) is 0 Å². The lowest BCUT2D eigenvalue weighted by Gasteiger charge is -2.20. The Morgan fingerprint density at radius 2 is 1.83 bits per heavy atom. The molecule has 1 amide bonds. The van der Waals surface area contributed by atoms with Gasteiger partial charge in [-0.3, -0.25) is 9.59 Å². The topological polar surface area (TPSA) is 131 Å². The highest BCUT2D eigenvalue weighted by Crippen LogP contribution is 2.17. The summed E-state index contributed by atoms with van der Waals surface area (Å²) in [5.74, 6) is -1.24. The van der Waals surface area contributed by atoms with E-state index in [0.717, 1.165) is 0 Å². The maximum Gasteiger partial charge on any atom is 0.327 e. The van der Waals surface area contributed by atoms with Crippen LogP contribution in [0.2, 0.25) is 5.02 Å². The summed E-state index contributed by atoms with van der Waals surface area (Å²) in [6.07, 6.45) is -1.42. The second kappa shape index (κ2) is 10.4. The minimum absolute atomic E-state index is 0.152. The molecule has 0 radical (unpaired) electrons. The Bertz CT molecular complexity index is 994. The van der Waals surface area contributed by atoms with Crippen LogP contribution < -0.4 is 14.8 Å². The molecule has 0 saturated heterocycles. The molecule has 0 aliphatic carbocycles. The standard InChI is InChI=1S/C19H21ClN2O7S/c1-12(23)18(22-30(26,27)16-8-6-13(20)7-9-16)19(25)29-11-17(24)21-14-4-3-5-15(10-14)28-2/h3-10,12,18,22-23H,11H2,1-2H3,(H,21,24)/t12-,18-/m1/s1. The van der Waals surface area contributed by atoms with Crippen LogP contribution >= 0.6 is 11.6 Å². The molecule has 0 heterocycles. The van der Waals surface area contributed by atoms with Gasteiger partial charge in [-0.1, -0.05) is 17.7 Å². The summed E-state index contributed by atoms with van der Waals surface area (Å²) in [6.45, 7) is 0.536. The number of anilines is 1. The fourth-order valence-electron chi connectivity index (χ4n) is 2.32. The number of halogens is 1. The molecular weight excluding hydrogens is 436 g/mol. The van der Waals surface area contributed by atoms with E-state index < -0.39 is 40.7 Å². The van der Waals surface area contributed by atoms with E-state index >= 15 is 0 Å². The number of ether oxygens (including phenoxy) is 2. The van der Waals surface area contributed by atoms with Crippen molar-refractivity contribution in [2.24, 2.45) is 0 Å². The molecule has 2 atom stereocenters. The van der Waals surface area contributed by atoms with Crippen LogP contribution in [-0.4, -0.2) is 51.3 Å². The van der Waals surface area contributed by atoms with Crippen molar-refractivity contribution in [3.05, 3.63) is 53.6 Å². The number of sulfonamides is 1. The minimum Gasteiger partial charge on any atom is -0.497 e. The second-order valence-corrected chi connectivity index (χ2v) is 8.33. The summed E-state index contributed by atoms with van der Waals surface area (Å²) < 4.78 is 36.9. The molecule has 3 N–H and O–H groups in total. The first-order chi connectivity index (χ1) is 14.1. The molecule has 0 bridgehead atoms. The van der Waals surface area contributed by atoms with Gasteiger partial charge in [0.05, 0.1) is 18.1 Å². The fraction of sp³-hybridized carbons (Fsp3) is 0.263. The average molecular weight is 457 g/mol. The van der Waals surface area contributed by atoms with E-state index in [1.807, 2.05) is 0 Å². The number of methoxy groups -OCH3 is 1. The molecule has 0 aromatic heterocycles. The zero-order chi connectivity index (χ0) is 22.3. The Kier molecular flexibility index (Phi) is 8.18. The lowest BCUT2D eigenvalue weighted by atomic mass is 10.2. The summed E-state index contributed by atoms with van der Waals surface area (Å²) in [5.41, 5.74) is 0.422. The zero-order valence-corrected chi connectivity index (χ0v) is 17.7. The summed E-state index contributed by atoms with van der Waals surface area (Å²) in [6, 6.07) is 10.2. The monoisotopic (exact) mass is 456 g/mol. The maximum atomic E-state index is 12.4. The number of esters is 1. The normalized spacial score (nSPS) is 13.2. The molecule has 2 aromatic rings. The van der Waals surface area contributed by atoms with Crippen LogP contribution in [-0.2, 0) is 24.3 Å². The summed E-state index contributed by atoms with van der Waals surface area (Å²) in [5, 5.41) is 12.7. The quantitative estimate of drug-likeness (QED) is 0.488. The number of benzene rings is 2. The molecule has 0 aliphatic heterocycles. The molecule has 0 spiro atoms. The van der Waals surface area contributed by atoms with Crippen LogP contribution in [0, 0.1) is 0 Å². The largest absolute Gasteiger partial charge is 0.497 e. The molecule has 162 valence electrons. The van der Waals surface area contributed by atoms with Crippen molar-refractivity contribution < 1.29 is 32.6 Å². The zero-order valence-electron chi connectivity index (χ0n) is 16.2. The summed E-state index contributed by atoms with van der Waals surface area (Å²) in [4.78, 5) is 24.1. The number of hydrogen-bond acceptors (Lipinski definition) is 7. The number of rotatable bonds is 9. The van der Waals surface area contributed by atoms with Crippen molar-refractivity contribution >= 4 is 39.2 Å². The SMILES string of the molecule is COc1cccc(NC(=O)COC(=O)[C@H](NS(=O)(=O)c2ccc(Cl)cc2)[C@@H](C)O)c1. The van der Waals surface area contributed by atoms with Crippen molar-refractivity contribution in [2.45, 2.75) is 24.0 Å². The number of carbonyl (C=O) groups is 2. The smallest absolute Gasteiger partial charge is 0.327 e. The van der Waals surface area contributed by atoms with Gasteiger partial charge < -0.3 is 19.9 Å².